The Morgan fingerprint density at radius 1 is 0.386 bits per heavy atom. The van der Waals surface area contributed by atoms with Crippen LogP contribution in [0, 0.1) is 0 Å². The van der Waals surface area contributed by atoms with Crippen molar-refractivity contribution in [1.29, 1.82) is 0 Å². The number of benzene rings is 6. The lowest BCUT2D eigenvalue weighted by molar-refractivity contribution is -0.191. The van der Waals surface area contributed by atoms with Crippen LogP contribution in [-0.4, -0.2) is 76.8 Å². The van der Waals surface area contributed by atoms with Crippen molar-refractivity contribution in [2.24, 2.45) is 0 Å². The van der Waals surface area contributed by atoms with Gasteiger partial charge in [-0.1, -0.05) is 133 Å². The van der Waals surface area contributed by atoms with E-state index in [4.69, 9.17) is 37.9 Å². The minimum absolute atomic E-state index is 0.0218. The van der Waals surface area contributed by atoms with E-state index in [2.05, 4.69) is 9.47 Å². The molecule has 0 saturated carbocycles. The summed E-state index contributed by atoms with van der Waals surface area (Å²) in [4.78, 5) is 81.0. The standard InChI is InChI=1S/C54H46O16/c1-61-43-33-35(25-29-41(43)65-53(59)63-3)27-31-45(55)67-49(51(57)69-47(37-17-9-5-10-18-37)38-19-11-6-12-20-38)50(52(58)70-48(39-21-13-7-14-22-39)40-23-15-8-16-24-40)68-46(56)32-28-36-26-30-42(44(34-36)62-2)66-54(60)64-4/h5-34,47-50H,1-4H3/b31-27+,32-28+/t49-,50-/m0/s1. The molecule has 0 unspecified atom stereocenters. The number of hydrogen-bond donors (Lipinski definition) is 0. The Labute approximate surface area is 402 Å². The molecule has 6 aromatic rings. The van der Waals surface area contributed by atoms with Crippen molar-refractivity contribution in [1.82, 2.24) is 0 Å². The topological polar surface area (TPSA) is 195 Å². The molecule has 0 bridgehead atoms. The Bertz CT molecular complexity index is 2520. The molecule has 0 aliphatic heterocycles. The molecule has 0 heterocycles. The van der Waals surface area contributed by atoms with Gasteiger partial charge in [-0.3, -0.25) is 0 Å². The fourth-order valence-electron chi connectivity index (χ4n) is 6.67. The lowest BCUT2D eigenvalue weighted by Gasteiger charge is -2.28. The zero-order valence-electron chi connectivity index (χ0n) is 38.2. The summed E-state index contributed by atoms with van der Waals surface area (Å²) in [5.41, 5.74) is 2.78. The second-order valence-corrected chi connectivity index (χ2v) is 14.6. The second-order valence-electron chi connectivity index (χ2n) is 14.6. The summed E-state index contributed by atoms with van der Waals surface area (Å²) in [5.74, 6) is -4.68. The van der Waals surface area contributed by atoms with Crippen molar-refractivity contribution in [2.75, 3.05) is 28.4 Å². The van der Waals surface area contributed by atoms with Gasteiger partial charge in [0.25, 0.3) is 0 Å². The Morgan fingerprint density at radius 3 is 0.986 bits per heavy atom. The van der Waals surface area contributed by atoms with Crippen molar-refractivity contribution >= 4 is 48.3 Å². The van der Waals surface area contributed by atoms with Crippen LogP contribution in [-0.2, 0) is 47.6 Å². The second kappa shape index (κ2) is 25.1. The zero-order valence-corrected chi connectivity index (χ0v) is 38.2. The summed E-state index contributed by atoms with van der Waals surface area (Å²) < 4.78 is 53.9. The molecule has 0 N–H and O–H groups in total. The number of rotatable bonds is 19. The third-order valence-electron chi connectivity index (χ3n) is 10.0. The third kappa shape index (κ3) is 13.9. The lowest BCUT2D eigenvalue weighted by Crippen LogP contribution is -2.47. The van der Waals surface area contributed by atoms with Crippen molar-refractivity contribution in [2.45, 2.75) is 24.4 Å². The molecule has 6 aromatic carbocycles. The molecule has 16 heteroatoms. The molecule has 2 atom stereocenters. The number of hydrogen-bond acceptors (Lipinski definition) is 16. The Kier molecular flexibility index (Phi) is 18.0. The van der Waals surface area contributed by atoms with Crippen LogP contribution in [0.4, 0.5) is 9.59 Å². The maximum atomic E-state index is 14.8. The van der Waals surface area contributed by atoms with Crippen LogP contribution in [0.3, 0.4) is 0 Å². The normalized spacial score (nSPS) is 11.8. The molecule has 0 spiro atoms. The van der Waals surface area contributed by atoms with Gasteiger partial charge in [0.1, 0.15) is 0 Å². The molecule has 0 aromatic heterocycles. The smallest absolute Gasteiger partial charge is 0.493 e. The molecule has 0 aliphatic carbocycles. The monoisotopic (exact) mass is 950 g/mol. The maximum absolute atomic E-state index is 14.8. The Balaban J connectivity index is 1.41. The third-order valence-corrected chi connectivity index (χ3v) is 10.0. The van der Waals surface area contributed by atoms with Crippen molar-refractivity contribution in [3.63, 3.8) is 0 Å². The van der Waals surface area contributed by atoms with Crippen molar-refractivity contribution in [3.8, 4) is 23.0 Å². The number of carbonyl (C=O) groups excluding carboxylic acids is 6. The van der Waals surface area contributed by atoms with Crippen LogP contribution >= 0.6 is 0 Å². The zero-order chi connectivity index (χ0) is 49.8. The molecule has 0 aliphatic rings. The average molecular weight is 951 g/mol. The van der Waals surface area contributed by atoms with E-state index in [-0.39, 0.29) is 23.0 Å². The number of esters is 4. The SMILES string of the molecule is COC(=O)Oc1ccc(/C=C/C(=O)O[C@H](C(=O)OC(c2ccccc2)c2ccccc2)[C@H](OC(=O)/C=C/c2ccc(OC(=O)OC)c(OC)c2)C(=O)OC(c2ccccc2)c2ccccc2)cc1OC. The van der Waals surface area contributed by atoms with E-state index in [0.29, 0.717) is 33.4 Å². The van der Waals surface area contributed by atoms with Crippen LogP contribution in [0.25, 0.3) is 12.2 Å². The summed E-state index contributed by atoms with van der Waals surface area (Å²) in [6.45, 7) is 0. The minimum atomic E-state index is -2.30. The van der Waals surface area contributed by atoms with Gasteiger partial charge >= 0.3 is 36.2 Å². The van der Waals surface area contributed by atoms with Crippen LogP contribution in [0.2, 0.25) is 0 Å². The van der Waals surface area contributed by atoms with Gasteiger partial charge in [-0.05, 0) is 69.8 Å². The van der Waals surface area contributed by atoms with Crippen LogP contribution in [0.5, 0.6) is 23.0 Å². The van der Waals surface area contributed by atoms with Gasteiger partial charge in [0, 0.05) is 12.2 Å². The first-order valence-electron chi connectivity index (χ1n) is 21.3. The van der Waals surface area contributed by atoms with Gasteiger partial charge in [-0.2, -0.15) is 0 Å². The van der Waals surface area contributed by atoms with E-state index < -0.39 is 60.6 Å². The van der Waals surface area contributed by atoms with Gasteiger partial charge in [0.05, 0.1) is 28.4 Å². The molecule has 0 fully saturated rings. The van der Waals surface area contributed by atoms with Crippen molar-refractivity contribution < 1.29 is 76.1 Å². The predicted molar refractivity (Wildman–Crippen MR) is 252 cm³/mol. The first-order chi connectivity index (χ1) is 34.0. The maximum Gasteiger partial charge on any atom is 0.513 e. The summed E-state index contributed by atoms with van der Waals surface area (Å²) >= 11 is 0. The molecular weight excluding hydrogens is 905 g/mol. The van der Waals surface area contributed by atoms with Gasteiger partial charge in [0.2, 0.25) is 12.2 Å². The highest BCUT2D eigenvalue weighted by atomic mass is 16.7. The number of methoxy groups -OCH3 is 4. The van der Waals surface area contributed by atoms with E-state index in [9.17, 15) is 28.8 Å². The summed E-state index contributed by atoms with van der Waals surface area (Å²) in [6.07, 6.45) is -4.32. The highest BCUT2D eigenvalue weighted by Gasteiger charge is 2.44. The largest absolute Gasteiger partial charge is 0.513 e. The van der Waals surface area contributed by atoms with Crippen LogP contribution in [0.15, 0.2) is 170 Å². The molecule has 6 rings (SSSR count). The summed E-state index contributed by atoms with van der Waals surface area (Å²) in [6, 6.07) is 43.4. The fraction of sp³-hybridized carbons (Fsp3) is 0.148. The average Bonchev–Trinajstić information content (AvgIpc) is 3.40. The molecule has 70 heavy (non-hydrogen) atoms. The first-order valence-corrected chi connectivity index (χ1v) is 21.3. The Hall–Kier alpha value is -9.18. The molecule has 0 amide bonds. The van der Waals surface area contributed by atoms with E-state index in [1.807, 2.05) is 0 Å². The van der Waals surface area contributed by atoms with E-state index in [0.717, 1.165) is 26.4 Å². The predicted octanol–water partition coefficient (Wildman–Crippen LogP) is 9.21. The number of ether oxygens (including phenoxy) is 10. The summed E-state index contributed by atoms with van der Waals surface area (Å²) in [5, 5.41) is 0. The van der Waals surface area contributed by atoms with E-state index in [1.54, 1.807) is 121 Å². The quantitative estimate of drug-likeness (QED) is 0.0322. The highest BCUT2D eigenvalue weighted by molar-refractivity contribution is 5.95. The van der Waals surface area contributed by atoms with E-state index in [1.165, 1.54) is 62.8 Å². The lowest BCUT2D eigenvalue weighted by atomic mass is 10.0. The number of carbonyl (C=O) groups is 6. The minimum Gasteiger partial charge on any atom is -0.493 e. The van der Waals surface area contributed by atoms with Crippen LogP contribution < -0.4 is 18.9 Å². The van der Waals surface area contributed by atoms with Gasteiger partial charge in [0.15, 0.2) is 35.2 Å². The van der Waals surface area contributed by atoms with Gasteiger partial charge in [-0.25, -0.2) is 28.8 Å². The first kappa shape index (κ1) is 50.2. The van der Waals surface area contributed by atoms with Gasteiger partial charge in [-0.15, -0.1) is 0 Å². The molecule has 0 saturated heterocycles. The molecule has 0 radical (unpaired) electrons. The van der Waals surface area contributed by atoms with Gasteiger partial charge < -0.3 is 47.4 Å². The Morgan fingerprint density at radius 2 is 0.700 bits per heavy atom. The fourth-order valence-corrected chi connectivity index (χ4v) is 6.67. The molecule has 358 valence electrons. The highest BCUT2D eigenvalue weighted by Crippen LogP contribution is 2.33. The molecular formula is C54H46O16. The van der Waals surface area contributed by atoms with Crippen molar-refractivity contribution in [3.05, 3.63) is 203 Å². The van der Waals surface area contributed by atoms with E-state index >= 15 is 0 Å². The molecule has 16 nitrogen and oxygen atoms in total. The van der Waals surface area contributed by atoms with Crippen LogP contribution in [0.1, 0.15) is 45.6 Å². The summed E-state index contributed by atoms with van der Waals surface area (Å²) in [7, 11) is 4.95.